The summed E-state index contributed by atoms with van der Waals surface area (Å²) in [5.74, 6) is -2.29. The number of aliphatic carboxylic acids is 2. The van der Waals surface area contributed by atoms with Crippen LogP contribution in [0.5, 0.6) is 0 Å². The third-order valence-electron chi connectivity index (χ3n) is 2.15. The molecule has 1 unspecified atom stereocenters. The average molecular weight is 202 g/mol. The van der Waals surface area contributed by atoms with E-state index in [9.17, 15) is 9.59 Å². The Morgan fingerprint density at radius 1 is 1.46 bits per heavy atom. The van der Waals surface area contributed by atoms with Crippen molar-refractivity contribution in [3.8, 4) is 0 Å². The van der Waals surface area contributed by atoms with E-state index in [4.69, 9.17) is 10.2 Å². The van der Waals surface area contributed by atoms with E-state index in [1.807, 2.05) is 6.92 Å². The quantitative estimate of drug-likeness (QED) is 0.487. The van der Waals surface area contributed by atoms with Gasteiger partial charge in [-0.25, -0.2) is 4.79 Å². The molecule has 5 heteroatoms. The SMILES string of the molecule is C=C(C(=O)O)C([SiH3])(CCC)C(=O)O. The van der Waals surface area contributed by atoms with Gasteiger partial charge in [-0.1, -0.05) is 19.9 Å². The Hall–Kier alpha value is -1.10. The lowest BCUT2D eigenvalue weighted by atomic mass is 9.94. The van der Waals surface area contributed by atoms with Gasteiger partial charge in [0.1, 0.15) is 0 Å². The second kappa shape index (κ2) is 4.22. The van der Waals surface area contributed by atoms with E-state index < -0.39 is 17.0 Å². The van der Waals surface area contributed by atoms with Crippen LogP contribution < -0.4 is 0 Å². The predicted molar refractivity (Wildman–Crippen MR) is 52.0 cm³/mol. The molecule has 1 atom stereocenters. The van der Waals surface area contributed by atoms with Gasteiger partial charge in [-0.15, -0.1) is 0 Å². The Morgan fingerprint density at radius 2 is 1.92 bits per heavy atom. The molecule has 0 spiro atoms. The summed E-state index contributed by atoms with van der Waals surface area (Å²) in [5.41, 5.74) is -0.200. The molecule has 0 aromatic heterocycles. The van der Waals surface area contributed by atoms with Crippen molar-refractivity contribution < 1.29 is 19.8 Å². The highest BCUT2D eigenvalue weighted by molar-refractivity contribution is 6.32. The lowest BCUT2D eigenvalue weighted by Gasteiger charge is -2.23. The van der Waals surface area contributed by atoms with Gasteiger partial charge >= 0.3 is 11.9 Å². The average Bonchev–Trinajstić information content (AvgIpc) is 2.02. The van der Waals surface area contributed by atoms with Crippen LogP contribution in [-0.4, -0.2) is 32.4 Å². The van der Waals surface area contributed by atoms with E-state index in [2.05, 4.69) is 6.58 Å². The van der Waals surface area contributed by atoms with Crippen LogP contribution in [0.4, 0.5) is 0 Å². The maximum absolute atomic E-state index is 10.9. The first kappa shape index (κ1) is 11.9. The van der Waals surface area contributed by atoms with E-state index >= 15 is 0 Å². The molecule has 0 rings (SSSR count). The highest BCUT2D eigenvalue weighted by Gasteiger charge is 2.38. The molecule has 0 aliphatic heterocycles. The molecule has 0 amide bonds. The standard InChI is InChI=1S/C8H14O4Si/c1-3-4-8(13,7(11)12)5(2)6(9)10/h2-4H2,1,13H3,(H,9,10)(H,11,12). The Labute approximate surface area is 79.7 Å². The Balaban J connectivity index is 4.89. The highest BCUT2D eigenvalue weighted by atomic mass is 28.1. The minimum atomic E-state index is -1.22. The third-order valence-corrected chi connectivity index (χ3v) is 3.68. The number of carboxylic acids is 2. The van der Waals surface area contributed by atoms with E-state index in [0.717, 1.165) is 0 Å². The summed E-state index contributed by atoms with van der Waals surface area (Å²) in [6, 6.07) is 0. The summed E-state index contributed by atoms with van der Waals surface area (Å²) >= 11 is 0. The second-order valence-electron chi connectivity index (χ2n) is 3.17. The van der Waals surface area contributed by atoms with Crippen molar-refractivity contribution >= 4 is 22.2 Å². The molecule has 0 saturated heterocycles. The first-order valence-corrected chi connectivity index (χ1v) is 5.02. The lowest BCUT2D eigenvalue weighted by Crippen LogP contribution is -2.29. The van der Waals surface area contributed by atoms with E-state index in [0.29, 0.717) is 12.8 Å². The van der Waals surface area contributed by atoms with Crippen LogP contribution in [0.3, 0.4) is 0 Å². The Morgan fingerprint density at radius 3 is 2.15 bits per heavy atom. The Bertz CT molecular complexity index is 249. The molecule has 13 heavy (non-hydrogen) atoms. The number of carbonyl (C=O) groups is 2. The first-order chi connectivity index (χ1) is 5.86. The molecule has 2 N–H and O–H groups in total. The zero-order valence-electron chi connectivity index (χ0n) is 7.83. The van der Waals surface area contributed by atoms with Crippen LogP contribution in [0.2, 0.25) is 5.04 Å². The van der Waals surface area contributed by atoms with Crippen LogP contribution in [0.25, 0.3) is 0 Å². The van der Waals surface area contributed by atoms with Crippen LogP contribution in [0, 0.1) is 0 Å². The van der Waals surface area contributed by atoms with Crippen molar-refractivity contribution in [1.29, 1.82) is 0 Å². The zero-order chi connectivity index (χ0) is 10.6. The van der Waals surface area contributed by atoms with Crippen LogP contribution in [0.15, 0.2) is 12.2 Å². The molecular formula is C8H14O4Si. The van der Waals surface area contributed by atoms with Gasteiger partial charge in [0, 0.05) is 15.8 Å². The first-order valence-electron chi connectivity index (χ1n) is 4.02. The van der Waals surface area contributed by atoms with Gasteiger partial charge in [0.2, 0.25) is 0 Å². The van der Waals surface area contributed by atoms with Crippen molar-refractivity contribution in [3.05, 3.63) is 12.2 Å². The smallest absolute Gasteiger partial charge is 0.331 e. The van der Waals surface area contributed by atoms with Gasteiger partial charge in [0.15, 0.2) is 0 Å². The molecule has 0 fully saturated rings. The Kier molecular flexibility index (Phi) is 3.87. The van der Waals surface area contributed by atoms with Gasteiger partial charge < -0.3 is 10.2 Å². The van der Waals surface area contributed by atoms with E-state index in [1.54, 1.807) is 0 Å². The maximum atomic E-state index is 10.9. The van der Waals surface area contributed by atoms with Crippen molar-refractivity contribution in [1.82, 2.24) is 0 Å². The van der Waals surface area contributed by atoms with E-state index in [-0.39, 0.29) is 15.8 Å². The molecule has 0 aliphatic rings. The molecule has 0 aromatic rings. The fourth-order valence-electron chi connectivity index (χ4n) is 1.12. The summed E-state index contributed by atoms with van der Waals surface area (Å²) in [5, 5.41) is 16.3. The molecule has 0 bridgehead atoms. The summed E-state index contributed by atoms with van der Waals surface area (Å²) in [4.78, 5) is 21.5. The van der Waals surface area contributed by atoms with Crippen molar-refractivity contribution in [2.45, 2.75) is 24.8 Å². The van der Waals surface area contributed by atoms with Crippen LogP contribution in [-0.2, 0) is 9.59 Å². The number of carboxylic acid groups (broad SMARTS) is 2. The summed E-state index contributed by atoms with van der Waals surface area (Å²) in [7, 11) is 0.264. The van der Waals surface area contributed by atoms with Crippen molar-refractivity contribution in [2.24, 2.45) is 0 Å². The van der Waals surface area contributed by atoms with Crippen molar-refractivity contribution in [3.63, 3.8) is 0 Å². The molecule has 4 nitrogen and oxygen atoms in total. The van der Waals surface area contributed by atoms with Gasteiger partial charge in [0.25, 0.3) is 0 Å². The van der Waals surface area contributed by atoms with Gasteiger partial charge in [-0.3, -0.25) is 4.79 Å². The number of hydrogen-bond acceptors (Lipinski definition) is 2. The molecule has 0 heterocycles. The lowest BCUT2D eigenvalue weighted by molar-refractivity contribution is -0.143. The van der Waals surface area contributed by atoms with Gasteiger partial charge in [-0.05, 0) is 6.42 Å². The molecule has 0 aromatic carbocycles. The third kappa shape index (κ3) is 2.42. The fraction of sp³-hybridized carbons (Fsp3) is 0.500. The maximum Gasteiger partial charge on any atom is 0.331 e. The normalized spacial score (nSPS) is 14.8. The second-order valence-corrected chi connectivity index (χ2v) is 4.88. The minimum Gasteiger partial charge on any atom is -0.481 e. The van der Waals surface area contributed by atoms with Gasteiger partial charge in [0.05, 0.1) is 5.04 Å². The predicted octanol–water partition coefficient (Wildman–Crippen LogP) is 0.0360. The largest absolute Gasteiger partial charge is 0.481 e. The summed E-state index contributed by atoms with van der Waals surface area (Å²) < 4.78 is 0. The molecule has 0 radical (unpaired) electrons. The summed E-state index contributed by atoms with van der Waals surface area (Å²) in [6.45, 7) is 5.14. The van der Waals surface area contributed by atoms with Crippen LogP contribution >= 0.6 is 0 Å². The van der Waals surface area contributed by atoms with Crippen molar-refractivity contribution in [2.75, 3.05) is 0 Å². The molecule has 0 aliphatic carbocycles. The monoisotopic (exact) mass is 202 g/mol. The molecule has 74 valence electrons. The molecular weight excluding hydrogens is 188 g/mol. The molecule has 0 saturated carbocycles. The van der Waals surface area contributed by atoms with Gasteiger partial charge in [-0.2, -0.15) is 0 Å². The zero-order valence-corrected chi connectivity index (χ0v) is 9.83. The number of rotatable bonds is 5. The topological polar surface area (TPSA) is 74.6 Å². The highest BCUT2D eigenvalue weighted by Crippen LogP contribution is 2.36. The van der Waals surface area contributed by atoms with E-state index in [1.165, 1.54) is 0 Å². The fourth-order valence-corrected chi connectivity index (χ4v) is 1.84. The minimum absolute atomic E-state index is 0.200. The summed E-state index contributed by atoms with van der Waals surface area (Å²) in [6.07, 6.45) is 0.988. The van der Waals surface area contributed by atoms with Crippen LogP contribution in [0.1, 0.15) is 19.8 Å². The number of hydrogen-bond donors (Lipinski definition) is 2.